The van der Waals surface area contributed by atoms with E-state index in [2.05, 4.69) is 10.6 Å². The molecule has 0 bridgehead atoms. The number of nitrogens with one attached hydrogen (secondary N) is 2. The molecule has 0 aliphatic carbocycles. The predicted octanol–water partition coefficient (Wildman–Crippen LogP) is 4.21. The van der Waals surface area contributed by atoms with Gasteiger partial charge in [0.25, 0.3) is 0 Å². The molecule has 6 heteroatoms. The first kappa shape index (κ1) is 18.4. The average Bonchev–Trinajstić information content (AvgIpc) is 2.55. The Labute approximate surface area is 146 Å². The number of benzene rings is 2. The van der Waals surface area contributed by atoms with E-state index in [1.165, 1.54) is 6.07 Å². The quantitative estimate of drug-likeness (QED) is 0.825. The molecule has 0 unspecified atom stereocenters. The number of carbonyl (C=O) groups excluding carboxylic acids is 2. The van der Waals surface area contributed by atoms with Gasteiger partial charge in [-0.3, -0.25) is 10.1 Å². The number of hydrogen-bond donors (Lipinski definition) is 2. The van der Waals surface area contributed by atoms with Crippen molar-refractivity contribution in [3.63, 3.8) is 0 Å². The van der Waals surface area contributed by atoms with E-state index >= 15 is 0 Å². The minimum Gasteiger partial charge on any atom is -0.449 e. The summed E-state index contributed by atoms with van der Waals surface area (Å²) in [5.41, 5.74) is 1.33. The highest BCUT2D eigenvalue weighted by Crippen LogP contribution is 2.16. The van der Waals surface area contributed by atoms with Gasteiger partial charge in [0.15, 0.2) is 0 Å². The van der Waals surface area contributed by atoms with Gasteiger partial charge in [-0.2, -0.15) is 0 Å². The molecule has 2 rings (SSSR count). The molecule has 2 aromatic carbocycles. The molecule has 0 aliphatic heterocycles. The SMILES string of the molecule is CC(C)COC(=O)Nc1cccc(NC(=O)Cc2ccccc2F)c1. The zero-order chi connectivity index (χ0) is 18.2. The smallest absolute Gasteiger partial charge is 0.411 e. The fourth-order valence-electron chi connectivity index (χ4n) is 2.09. The van der Waals surface area contributed by atoms with Crippen LogP contribution < -0.4 is 10.6 Å². The number of ether oxygens (including phenoxy) is 1. The van der Waals surface area contributed by atoms with Gasteiger partial charge in [-0.25, -0.2) is 9.18 Å². The number of carbonyl (C=O) groups is 2. The van der Waals surface area contributed by atoms with Crippen LogP contribution >= 0.6 is 0 Å². The Morgan fingerprint density at radius 3 is 2.40 bits per heavy atom. The summed E-state index contributed by atoms with van der Waals surface area (Å²) in [7, 11) is 0. The Kier molecular flexibility index (Phi) is 6.51. The molecule has 2 N–H and O–H groups in total. The lowest BCUT2D eigenvalue weighted by Gasteiger charge is -2.10. The van der Waals surface area contributed by atoms with Crippen molar-refractivity contribution in [3.05, 3.63) is 59.9 Å². The van der Waals surface area contributed by atoms with Gasteiger partial charge in [-0.05, 0) is 35.7 Å². The van der Waals surface area contributed by atoms with Gasteiger partial charge in [0, 0.05) is 11.4 Å². The topological polar surface area (TPSA) is 67.4 Å². The Hall–Kier alpha value is -2.89. The molecule has 0 saturated heterocycles. The van der Waals surface area contributed by atoms with Crippen LogP contribution in [0.3, 0.4) is 0 Å². The molecule has 0 heterocycles. The summed E-state index contributed by atoms with van der Waals surface area (Å²) in [6.07, 6.45) is -0.621. The maximum atomic E-state index is 13.6. The van der Waals surface area contributed by atoms with E-state index < -0.39 is 11.9 Å². The van der Waals surface area contributed by atoms with Crippen LogP contribution in [0.1, 0.15) is 19.4 Å². The lowest BCUT2D eigenvalue weighted by atomic mass is 10.1. The maximum Gasteiger partial charge on any atom is 0.411 e. The number of anilines is 2. The van der Waals surface area contributed by atoms with Gasteiger partial charge in [0.05, 0.1) is 13.0 Å². The summed E-state index contributed by atoms with van der Waals surface area (Å²) in [4.78, 5) is 23.7. The molecule has 0 spiro atoms. The first-order chi connectivity index (χ1) is 11.9. The molecule has 132 valence electrons. The van der Waals surface area contributed by atoms with Gasteiger partial charge in [0.2, 0.25) is 5.91 Å². The Morgan fingerprint density at radius 1 is 1.04 bits per heavy atom. The third kappa shape index (κ3) is 6.25. The number of amides is 2. The first-order valence-electron chi connectivity index (χ1n) is 8.01. The second kappa shape index (κ2) is 8.82. The van der Waals surface area contributed by atoms with Crippen LogP contribution in [0.25, 0.3) is 0 Å². The second-order valence-electron chi connectivity index (χ2n) is 6.01. The van der Waals surface area contributed by atoms with Gasteiger partial charge in [-0.1, -0.05) is 38.1 Å². The Morgan fingerprint density at radius 2 is 1.72 bits per heavy atom. The minimum atomic E-state index is -0.552. The molecule has 2 amide bonds. The lowest BCUT2D eigenvalue weighted by Crippen LogP contribution is -2.17. The molecule has 0 atom stereocenters. The number of hydrogen-bond acceptors (Lipinski definition) is 3. The van der Waals surface area contributed by atoms with Crippen LogP contribution in [0, 0.1) is 11.7 Å². The largest absolute Gasteiger partial charge is 0.449 e. The highest BCUT2D eigenvalue weighted by atomic mass is 19.1. The van der Waals surface area contributed by atoms with Crippen molar-refractivity contribution >= 4 is 23.4 Å². The van der Waals surface area contributed by atoms with Gasteiger partial charge < -0.3 is 10.1 Å². The molecular weight excluding hydrogens is 323 g/mol. The molecule has 0 aromatic heterocycles. The highest BCUT2D eigenvalue weighted by molar-refractivity contribution is 5.93. The van der Waals surface area contributed by atoms with Crippen molar-refractivity contribution in [2.75, 3.05) is 17.2 Å². The monoisotopic (exact) mass is 344 g/mol. The Balaban J connectivity index is 1.93. The number of halogens is 1. The van der Waals surface area contributed by atoms with Gasteiger partial charge in [0.1, 0.15) is 5.82 Å². The fourth-order valence-corrected chi connectivity index (χ4v) is 2.09. The van der Waals surface area contributed by atoms with Crippen LogP contribution in [0.15, 0.2) is 48.5 Å². The molecule has 5 nitrogen and oxygen atoms in total. The van der Waals surface area contributed by atoms with Crippen LogP contribution in [0.4, 0.5) is 20.6 Å². The van der Waals surface area contributed by atoms with Crippen LogP contribution in [-0.2, 0) is 16.0 Å². The van der Waals surface area contributed by atoms with Crippen molar-refractivity contribution in [1.29, 1.82) is 0 Å². The molecule has 0 radical (unpaired) electrons. The van der Waals surface area contributed by atoms with Crippen LogP contribution in [-0.4, -0.2) is 18.6 Å². The van der Waals surface area contributed by atoms with Crippen molar-refractivity contribution in [2.24, 2.45) is 5.92 Å². The van der Waals surface area contributed by atoms with Gasteiger partial charge in [-0.15, -0.1) is 0 Å². The molecule has 0 saturated carbocycles. The van der Waals surface area contributed by atoms with E-state index in [1.807, 2.05) is 13.8 Å². The summed E-state index contributed by atoms with van der Waals surface area (Å²) in [5.74, 6) is -0.514. The molecule has 2 aromatic rings. The Bertz CT molecular complexity index is 747. The van der Waals surface area contributed by atoms with Crippen molar-refractivity contribution in [2.45, 2.75) is 20.3 Å². The molecule has 25 heavy (non-hydrogen) atoms. The highest BCUT2D eigenvalue weighted by Gasteiger charge is 2.09. The summed E-state index contributed by atoms with van der Waals surface area (Å²) >= 11 is 0. The maximum absolute atomic E-state index is 13.6. The van der Waals surface area contributed by atoms with E-state index in [9.17, 15) is 14.0 Å². The minimum absolute atomic E-state index is 0.0687. The van der Waals surface area contributed by atoms with Crippen LogP contribution in [0.2, 0.25) is 0 Å². The van der Waals surface area contributed by atoms with Crippen molar-refractivity contribution in [1.82, 2.24) is 0 Å². The van der Waals surface area contributed by atoms with Crippen molar-refractivity contribution in [3.8, 4) is 0 Å². The second-order valence-corrected chi connectivity index (χ2v) is 6.01. The number of rotatable bonds is 6. The van der Waals surface area contributed by atoms with Gasteiger partial charge >= 0.3 is 6.09 Å². The van der Waals surface area contributed by atoms with Crippen LogP contribution in [0.5, 0.6) is 0 Å². The summed E-state index contributed by atoms with van der Waals surface area (Å²) in [6.45, 7) is 4.21. The van der Waals surface area contributed by atoms with E-state index in [0.29, 0.717) is 23.5 Å². The summed E-state index contributed by atoms with van der Waals surface area (Å²) in [6, 6.07) is 12.8. The fraction of sp³-hybridized carbons (Fsp3) is 0.263. The predicted molar refractivity (Wildman–Crippen MR) is 95.0 cm³/mol. The van der Waals surface area contributed by atoms with E-state index in [0.717, 1.165) is 0 Å². The molecular formula is C19H21FN2O3. The zero-order valence-electron chi connectivity index (χ0n) is 14.2. The third-order valence-electron chi connectivity index (χ3n) is 3.25. The van der Waals surface area contributed by atoms with E-state index in [-0.39, 0.29) is 18.2 Å². The zero-order valence-corrected chi connectivity index (χ0v) is 14.2. The summed E-state index contributed by atoms with van der Waals surface area (Å²) < 4.78 is 18.6. The summed E-state index contributed by atoms with van der Waals surface area (Å²) in [5, 5.41) is 5.28. The first-order valence-corrected chi connectivity index (χ1v) is 8.01. The third-order valence-corrected chi connectivity index (χ3v) is 3.25. The van der Waals surface area contributed by atoms with E-state index in [1.54, 1.807) is 42.5 Å². The molecule has 0 aliphatic rings. The normalized spacial score (nSPS) is 10.4. The van der Waals surface area contributed by atoms with Crippen molar-refractivity contribution < 1.29 is 18.7 Å². The standard InChI is InChI=1S/C19H21FN2O3/c1-13(2)12-25-19(24)22-16-8-5-7-15(11-16)21-18(23)10-14-6-3-4-9-17(14)20/h3-9,11,13H,10,12H2,1-2H3,(H,21,23)(H,22,24). The lowest BCUT2D eigenvalue weighted by molar-refractivity contribution is -0.115. The average molecular weight is 344 g/mol. The molecule has 0 fully saturated rings. The van der Waals surface area contributed by atoms with E-state index in [4.69, 9.17) is 4.74 Å².